The summed E-state index contributed by atoms with van der Waals surface area (Å²) >= 11 is 7.41. The lowest BCUT2D eigenvalue weighted by atomic mass is 10.2. The maximum absolute atomic E-state index is 12.9. The minimum atomic E-state index is -0.0153. The highest BCUT2D eigenvalue weighted by atomic mass is 35.5. The van der Waals surface area contributed by atoms with Crippen LogP contribution in [-0.4, -0.2) is 15.3 Å². The van der Waals surface area contributed by atoms with E-state index in [2.05, 4.69) is 4.98 Å². The van der Waals surface area contributed by atoms with E-state index in [0.29, 0.717) is 22.8 Å². The molecule has 0 aliphatic rings. The summed E-state index contributed by atoms with van der Waals surface area (Å²) in [6, 6.07) is 17.4. The molecule has 3 nitrogen and oxygen atoms in total. The second kappa shape index (κ2) is 7.69. The van der Waals surface area contributed by atoms with E-state index in [1.54, 1.807) is 4.57 Å². The third-order valence-electron chi connectivity index (χ3n) is 3.59. The number of rotatable bonds is 5. The van der Waals surface area contributed by atoms with Gasteiger partial charge in [-0.3, -0.25) is 9.36 Å². The zero-order chi connectivity index (χ0) is 16.9. The van der Waals surface area contributed by atoms with Gasteiger partial charge in [0.05, 0.1) is 17.4 Å². The number of fused-ring (bicyclic) bond motifs is 1. The highest BCUT2D eigenvalue weighted by molar-refractivity contribution is 7.99. The molecule has 0 atom stereocenters. The summed E-state index contributed by atoms with van der Waals surface area (Å²) in [5, 5.41) is 2.08. The van der Waals surface area contributed by atoms with Gasteiger partial charge in [0.15, 0.2) is 5.16 Å². The number of nitrogens with zero attached hydrogens (tertiary/aromatic N) is 2. The Morgan fingerprint density at radius 3 is 2.62 bits per heavy atom. The topological polar surface area (TPSA) is 34.9 Å². The quantitative estimate of drug-likeness (QED) is 0.491. The molecule has 0 aliphatic carbocycles. The van der Waals surface area contributed by atoms with Crippen molar-refractivity contribution < 1.29 is 0 Å². The second-order valence-electron chi connectivity index (χ2n) is 5.39. The number of para-hydroxylation sites is 1. The summed E-state index contributed by atoms with van der Waals surface area (Å²) in [6.07, 6.45) is 1.92. The molecule has 0 saturated carbocycles. The van der Waals surface area contributed by atoms with E-state index < -0.39 is 0 Å². The fraction of sp³-hybridized carbons (Fsp3) is 0.158. The molecule has 2 aromatic carbocycles. The lowest BCUT2D eigenvalue weighted by Gasteiger charge is -2.12. The van der Waals surface area contributed by atoms with Crippen LogP contribution in [0.15, 0.2) is 75.7 Å². The van der Waals surface area contributed by atoms with Gasteiger partial charge >= 0.3 is 0 Å². The van der Waals surface area contributed by atoms with Gasteiger partial charge in [0.2, 0.25) is 0 Å². The third kappa shape index (κ3) is 3.89. The first-order chi connectivity index (χ1) is 11.6. The highest BCUT2D eigenvalue weighted by Crippen LogP contribution is 2.19. The standard InChI is InChI=1S/C19H17ClN2OS/c1-14(20)11-12-24-19-21-17-10-6-5-9-16(17)18(23)22(19)13-15-7-3-2-4-8-15/h2-11H,12-13H2,1H3/b14-11-. The van der Waals surface area contributed by atoms with E-state index in [0.717, 1.165) is 16.1 Å². The van der Waals surface area contributed by atoms with E-state index >= 15 is 0 Å². The molecule has 1 aromatic heterocycles. The van der Waals surface area contributed by atoms with Gasteiger partial charge in [-0.2, -0.15) is 0 Å². The summed E-state index contributed by atoms with van der Waals surface area (Å²) in [5.41, 5.74) is 1.78. The Kier molecular flexibility index (Phi) is 5.38. The zero-order valence-corrected chi connectivity index (χ0v) is 14.8. The number of benzene rings is 2. The number of thioether (sulfide) groups is 1. The van der Waals surface area contributed by atoms with Gasteiger partial charge in [-0.1, -0.05) is 71.9 Å². The van der Waals surface area contributed by atoms with Crippen LogP contribution in [0.5, 0.6) is 0 Å². The van der Waals surface area contributed by atoms with Gasteiger partial charge < -0.3 is 0 Å². The van der Waals surface area contributed by atoms with Crippen LogP contribution in [0, 0.1) is 0 Å². The molecule has 0 N–H and O–H groups in total. The minimum Gasteiger partial charge on any atom is -0.283 e. The average molecular weight is 357 g/mol. The molecular weight excluding hydrogens is 340 g/mol. The van der Waals surface area contributed by atoms with Crippen molar-refractivity contribution in [1.82, 2.24) is 9.55 Å². The number of allylic oxidation sites excluding steroid dienone is 1. The lowest BCUT2D eigenvalue weighted by molar-refractivity contribution is 0.658. The molecule has 0 unspecified atom stereocenters. The summed E-state index contributed by atoms with van der Waals surface area (Å²) in [4.78, 5) is 17.6. The Morgan fingerprint density at radius 1 is 1.17 bits per heavy atom. The van der Waals surface area contributed by atoms with Crippen molar-refractivity contribution in [2.75, 3.05) is 5.75 Å². The average Bonchev–Trinajstić information content (AvgIpc) is 2.59. The largest absolute Gasteiger partial charge is 0.283 e. The van der Waals surface area contributed by atoms with Crippen molar-refractivity contribution in [3.05, 3.63) is 81.6 Å². The molecule has 0 amide bonds. The second-order valence-corrected chi connectivity index (χ2v) is 6.97. The van der Waals surface area contributed by atoms with Crippen molar-refractivity contribution >= 4 is 34.3 Å². The summed E-state index contributed by atoms with van der Waals surface area (Å²) in [7, 11) is 0. The molecule has 3 rings (SSSR count). The van der Waals surface area contributed by atoms with E-state index in [4.69, 9.17) is 11.6 Å². The smallest absolute Gasteiger partial charge is 0.262 e. The van der Waals surface area contributed by atoms with Crippen LogP contribution in [0.1, 0.15) is 12.5 Å². The molecule has 122 valence electrons. The Bertz CT molecular complexity index is 931. The van der Waals surface area contributed by atoms with Gasteiger partial charge in [-0.25, -0.2) is 4.98 Å². The molecule has 3 aromatic rings. The summed E-state index contributed by atoms with van der Waals surface area (Å²) in [6.45, 7) is 2.34. The molecule has 24 heavy (non-hydrogen) atoms. The van der Waals surface area contributed by atoms with E-state index in [1.807, 2.05) is 67.6 Å². The molecule has 0 saturated heterocycles. The number of hydrogen-bond acceptors (Lipinski definition) is 3. The Labute approximate surface area is 150 Å². The van der Waals surface area contributed by atoms with Crippen LogP contribution in [0.2, 0.25) is 0 Å². The van der Waals surface area contributed by atoms with Crippen molar-refractivity contribution in [2.45, 2.75) is 18.6 Å². The molecule has 0 bridgehead atoms. The van der Waals surface area contributed by atoms with Crippen molar-refractivity contribution in [1.29, 1.82) is 0 Å². The zero-order valence-electron chi connectivity index (χ0n) is 13.3. The predicted octanol–water partition coefficient (Wildman–Crippen LogP) is 4.68. The SMILES string of the molecule is C/C(Cl)=C/CSc1nc2ccccc2c(=O)n1Cc1ccccc1. The number of hydrogen-bond donors (Lipinski definition) is 0. The molecule has 0 fully saturated rings. The fourth-order valence-corrected chi connectivity index (χ4v) is 3.51. The van der Waals surface area contributed by atoms with Gasteiger partial charge in [-0.15, -0.1) is 0 Å². The fourth-order valence-electron chi connectivity index (χ4n) is 2.39. The first-order valence-corrected chi connectivity index (χ1v) is 9.00. The van der Waals surface area contributed by atoms with Gasteiger partial charge in [0.25, 0.3) is 5.56 Å². The van der Waals surface area contributed by atoms with Crippen molar-refractivity contribution in [3.63, 3.8) is 0 Å². The molecule has 0 aliphatic heterocycles. The molecular formula is C19H17ClN2OS. The van der Waals surface area contributed by atoms with E-state index in [9.17, 15) is 4.79 Å². The Balaban J connectivity index is 2.07. The maximum atomic E-state index is 12.9. The van der Waals surface area contributed by atoms with Crippen LogP contribution in [0.25, 0.3) is 10.9 Å². The number of aromatic nitrogens is 2. The Morgan fingerprint density at radius 2 is 1.88 bits per heavy atom. The first kappa shape index (κ1) is 16.8. The molecule has 1 heterocycles. The van der Waals surface area contributed by atoms with E-state index in [1.165, 1.54) is 11.8 Å². The normalized spacial score (nSPS) is 11.8. The van der Waals surface area contributed by atoms with Crippen LogP contribution < -0.4 is 5.56 Å². The maximum Gasteiger partial charge on any atom is 0.262 e. The summed E-state index contributed by atoms with van der Waals surface area (Å²) in [5.74, 6) is 0.675. The summed E-state index contributed by atoms with van der Waals surface area (Å²) < 4.78 is 1.74. The monoisotopic (exact) mass is 356 g/mol. The molecule has 0 radical (unpaired) electrons. The van der Waals surface area contributed by atoms with Crippen LogP contribution >= 0.6 is 23.4 Å². The van der Waals surface area contributed by atoms with E-state index in [-0.39, 0.29) is 5.56 Å². The third-order valence-corrected chi connectivity index (χ3v) is 4.64. The molecule has 0 spiro atoms. The minimum absolute atomic E-state index is 0.0153. The van der Waals surface area contributed by atoms with Crippen molar-refractivity contribution in [3.8, 4) is 0 Å². The Hall–Kier alpha value is -2.04. The predicted molar refractivity (Wildman–Crippen MR) is 102 cm³/mol. The highest BCUT2D eigenvalue weighted by Gasteiger charge is 2.11. The van der Waals surface area contributed by atoms with Crippen molar-refractivity contribution in [2.24, 2.45) is 0 Å². The molecule has 5 heteroatoms. The van der Waals surface area contributed by atoms with Crippen LogP contribution in [-0.2, 0) is 6.54 Å². The van der Waals surface area contributed by atoms with Crippen LogP contribution in [0.3, 0.4) is 0 Å². The first-order valence-electron chi connectivity index (χ1n) is 7.64. The lowest BCUT2D eigenvalue weighted by Crippen LogP contribution is -2.24. The van der Waals surface area contributed by atoms with Gasteiger partial charge in [0, 0.05) is 10.8 Å². The van der Waals surface area contributed by atoms with Crippen LogP contribution in [0.4, 0.5) is 0 Å². The van der Waals surface area contributed by atoms with Gasteiger partial charge in [0.1, 0.15) is 0 Å². The van der Waals surface area contributed by atoms with Gasteiger partial charge in [-0.05, 0) is 24.6 Å². The number of halogens is 1.